The number of rotatable bonds is 5. The molecule has 0 atom stereocenters. The Morgan fingerprint density at radius 2 is 1.88 bits per heavy atom. The van der Waals surface area contributed by atoms with E-state index >= 15 is 0 Å². The van der Waals surface area contributed by atoms with Crippen molar-refractivity contribution in [3.63, 3.8) is 0 Å². The molecule has 1 saturated carbocycles. The molecule has 0 radical (unpaired) electrons. The topological polar surface area (TPSA) is 72.9 Å². The van der Waals surface area contributed by atoms with Crippen molar-refractivity contribution >= 4 is 11.5 Å². The third kappa shape index (κ3) is 2.71. The van der Waals surface area contributed by atoms with Gasteiger partial charge in [-0.05, 0) is 25.0 Å². The van der Waals surface area contributed by atoms with Crippen LogP contribution in [0, 0.1) is 0 Å². The third-order valence-corrected chi connectivity index (χ3v) is 4.64. The number of anilines is 1. The lowest BCUT2D eigenvalue weighted by atomic mass is 10.1. The second-order valence-electron chi connectivity index (χ2n) is 6.72. The van der Waals surface area contributed by atoms with Crippen molar-refractivity contribution in [3.8, 4) is 11.3 Å². The predicted molar refractivity (Wildman–Crippen MR) is 98.7 cm³/mol. The van der Waals surface area contributed by atoms with Crippen molar-refractivity contribution in [3.05, 3.63) is 60.0 Å². The summed E-state index contributed by atoms with van der Waals surface area (Å²) in [5, 5.41) is 21.2. The summed E-state index contributed by atoms with van der Waals surface area (Å²) in [4.78, 5) is 0. The summed E-state index contributed by atoms with van der Waals surface area (Å²) in [5.74, 6) is 2.29. The molecule has 130 valence electrons. The van der Waals surface area contributed by atoms with Crippen molar-refractivity contribution in [2.45, 2.75) is 25.3 Å². The number of aromatic nitrogens is 6. The van der Waals surface area contributed by atoms with E-state index in [4.69, 9.17) is 0 Å². The van der Waals surface area contributed by atoms with Gasteiger partial charge in [0.1, 0.15) is 5.82 Å². The molecule has 1 aromatic carbocycles. The van der Waals surface area contributed by atoms with Gasteiger partial charge in [-0.25, -0.2) is 0 Å². The number of hydrogen-bond acceptors (Lipinski definition) is 5. The van der Waals surface area contributed by atoms with Crippen molar-refractivity contribution in [2.24, 2.45) is 7.05 Å². The summed E-state index contributed by atoms with van der Waals surface area (Å²) >= 11 is 0. The van der Waals surface area contributed by atoms with Crippen LogP contribution in [0.2, 0.25) is 0 Å². The first-order chi connectivity index (χ1) is 12.8. The molecule has 0 bridgehead atoms. The first-order valence-corrected chi connectivity index (χ1v) is 8.82. The predicted octanol–water partition coefficient (Wildman–Crippen LogP) is 3.01. The van der Waals surface area contributed by atoms with E-state index in [9.17, 15) is 0 Å². The highest BCUT2D eigenvalue weighted by atomic mass is 15.4. The van der Waals surface area contributed by atoms with Crippen LogP contribution in [0.3, 0.4) is 0 Å². The normalized spacial score (nSPS) is 14.0. The van der Waals surface area contributed by atoms with Crippen LogP contribution < -0.4 is 5.32 Å². The van der Waals surface area contributed by atoms with Gasteiger partial charge in [-0.3, -0.25) is 4.68 Å². The highest BCUT2D eigenvalue weighted by Gasteiger charge is 2.29. The van der Waals surface area contributed by atoms with E-state index in [-0.39, 0.29) is 0 Å². The molecule has 1 aliphatic carbocycles. The number of hydrogen-bond donors (Lipinski definition) is 1. The zero-order valence-corrected chi connectivity index (χ0v) is 14.5. The fraction of sp³-hybridized carbons (Fsp3) is 0.263. The molecule has 4 aromatic rings. The molecule has 0 unspecified atom stereocenters. The van der Waals surface area contributed by atoms with Gasteiger partial charge in [0, 0.05) is 36.8 Å². The maximum atomic E-state index is 4.67. The Bertz CT molecular complexity index is 1060. The summed E-state index contributed by atoms with van der Waals surface area (Å²) in [6.07, 6.45) is 4.40. The molecule has 1 N–H and O–H groups in total. The zero-order valence-electron chi connectivity index (χ0n) is 14.5. The lowest BCUT2D eigenvalue weighted by molar-refractivity contribution is 0.770. The molecule has 3 aromatic heterocycles. The van der Waals surface area contributed by atoms with Crippen LogP contribution in [0.25, 0.3) is 16.9 Å². The monoisotopic (exact) mass is 345 g/mol. The highest BCUT2D eigenvalue weighted by Crippen LogP contribution is 2.38. The van der Waals surface area contributed by atoms with Crippen molar-refractivity contribution in [1.29, 1.82) is 0 Å². The lowest BCUT2D eigenvalue weighted by Crippen LogP contribution is -2.05. The minimum atomic E-state index is 0.510. The minimum absolute atomic E-state index is 0.510. The smallest absolute Gasteiger partial charge is 0.178 e. The Hall–Kier alpha value is -3.22. The van der Waals surface area contributed by atoms with E-state index < -0.39 is 0 Å². The molecule has 26 heavy (non-hydrogen) atoms. The molecule has 0 amide bonds. The van der Waals surface area contributed by atoms with Gasteiger partial charge in [0.25, 0.3) is 0 Å². The summed E-state index contributed by atoms with van der Waals surface area (Å²) < 4.78 is 3.71. The maximum absolute atomic E-state index is 4.67. The third-order valence-electron chi connectivity index (χ3n) is 4.64. The summed E-state index contributed by atoms with van der Waals surface area (Å²) in [6.45, 7) is 0.650. The Morgan fingerprint density at radius 3 is 2.69 bits per heavy atom. The van der Waals surface area contributed by atoms with Gasteiger partial charge in [0.2, 0.25) is 0 Å². The number of fused-ring (bicyclic) bond motifs is 1. The van der Waals surface area contributed by atoms with Crippen LogP contribution >= 0.6 is 0 Å². The molecule has 7 nitrogen and oxygen atoms in total. The van der Waals surface area contributed by atoms with E-state index in [1.165, 1.54) is 12.8 Å². The zero-order chi connectivity index (χ0) is 17.5. The van der Waals surface area contributed by atoms with Gasteiger partial charge in [0.05, 0.1) is 5.69 Å². The van der Waals surface area contributed by atoms with Gasteiger partial charge in [-0.1, -0.05) is 30.3 Å². The fourth-order valence-corrected chi connectivity index (χ4v) is 3.19. The molecule has 0 saturated heterocycles. The van der Waals surface area contributed by atoms with Gasteiger partial charge in [0.15, 0.2) is 11.5 Å². The van der Waals surface area contributed by atoms with E-state index in [2.05, 4.69) is 37.8 Å². The minimum Gasteiger partial charge on any atom is -0.364 e. The van der Waals surface area contributed by atoms with Crippen molar-refractivity contribution < 1.29 is 0 Å². The van der Waals surface area contributed by atoms with E-state index in [0.29, 0.717) is 12.5 Å². The standard InChI is InChI=1S/C19H19N7/c1-25-12-15(18(24-25)13-5-3-2-4-6-13)11-20-16-9-10-17-21-22-19(14-7-8-14)26(17)23-16/h2-6,9-10,12,14H,7-8,11H2,1H3,(H,20,23). The number of aryl methyl sites for hydroxylation is 1. The number of nitrogens with zero attached hydrogens (tertiary/aromatic N) is 6. The summed E-state index contributed by atoms with van der Waals surface area (Å²) in [5.41, 5.74) is 4.03. The Kier molecular flexibility index (Phi) is 3.44. The van der Waals surface area contributed by atoms with Gasteiger partial charge >= 0.3 is 0 Å². The molecule has 1 aliphatic rings. The molecular formula is C19H19N7. The van der Waals surface area contributed by atoms with Crippen LogP contribution in [0.5, 0.6) is 0 Å². The Balaban J connectivity index is 1.41. The molecular weight excluding hydrogens is 326 g/mol. The fourth-order valence-electron chi connectivity index (χ4n) is 3.19. The van der Waals surface area contributed by atoms with Gasteiger partial charge in [-0.15, -0.1) is 15.3 Å². The Morgan fingerprint density at radius 1 is 1.04 bits per heavy atom. The van der Waals surface area contributed by atoms with Crippen molar-refractivity contribution in [2.75, 3.05) is 5.32 Å². The molecule has 3 heterocycles. The first kappa shape index (κ1) is 15.1. The van der Waals surface area contributed by atoms with E-state index in [1.54, 1.807) is 0 Å². The molecule has 1 fully saturated rings. The first-order valence-electron chi connectivity index (χ1n) is 8.82. The molecule has 5 rings (SSSR count). The SMILES string of the molecule is Cn1cc(CNc2ccc3nnc(C4CC4)n3n2)c(-c2ccccc2)n1. The number of nitrogens with one attached hydrogen (secondary N) is 1. The molecule has 0 aliphatic heterocycles. The second-order valence-corrected chi connectivity index (χ2v) is 6.72. The lowest BCUT2D eigenvalue weighted by Gasteiger charge is -2.07. The summed E-state index contributed by atoms with van der Waals surface area (Å²) in [7, 11) is 1.94. The van der Waals surface area contributed by atoms with Crippen LogP contribution in [0.1, 0.15) is 30.1 Å². The van der Waals surface area contributed by atoms with Crippen LogP contribution in [-0.2, 0) is 13.6 Å². The average Bonchev–Trinajstić information content (AvgIpc) is 3.32. The van der Waals surface area contributed by atoms with Crippen LogP contribution in [0.15, 0.2) is 48.7 Å². The van der Waals surface area contributed by atoms with Crippen molar-refractivity contribution in [1.82, 2.24) is 29.6 Å². The molecule has 7 heteroatoms. The Labute approximate surface area is 150 Å². The van der Waals surface area contributed by atoms with E-state index in [1.807, 2.05) is 52.8 Å². The van der Waals surface area contributed by atoms with Crippen LogP contribution in [0.4, 0.5) is 5.82 Å². The number of benzene rings is 1. The largest absolute Gasteiger partial charge is 0.364 e. The highest BCUT2D eigenvalue weighted by molar-refractivity contribution is 5.63. The average molecular weight is 345 g/mol. The summed E-state index contributed by atoms with van der Waals surface area (Å²) in [6, 6.07) is 14.1. The van der Waals surface area contributed by atoms with E-state index in [0.717, 1.165) is 34.1 Å². The quantitative estimate of drug-likeness (QED) is 0.602. The van der Waals surface area contributed by atoms with Gasteiger partial charge in [-0.2, -0.15) is 9.61 Å². The molecule has 0 spiro atoms. The van der Waals surface area contributed by atoms with Crippen LogP contribution in [-0.4, -0.2) is 29.6 Å². The maximum Gasteiger partial charge on any atom is 0.178 e. The second kappa shape index (κ2) is 5.94. The van der Waals surface area contributed by atoms with Gasteiger partial charge < -0.3 is 5.32 Å².